The zero-order valence-electron chi connectivity index (χ0n) is 9.28. The highest BCUT2D eigenvalue weighted by Gasteiger charge is 1.96. The molecule has 86 valence electrons. The Kier molecular flexibility index (Phi) is 6.86. The molecular formula is C11H19NO3. The van der Waals surface area contributed by atoms with Gasteiger partial charge in [-0.3, -0.25) is 0 Å². The summed E-state index contributed by atoms with van der Waals surface area (Å²) in [6, 6.07) is 1.89. The summed E-state index contributed by atoms with van der Waals surface area (Å²) in [5.74, 6) is 0. The second-order valence-corrected chi connectivity index (χ2v) is 3.41. The highest BCUT2D eigenvalue weighted by Crippen LogP contribution is 1.99. The Bertz CT molecular complexity index is 224. The molecular weight excluding hydrogens is 194 g/mol. The minimum absolute atomic E-state index is 0.792. The van der Waals surface area contributed by atoms with Crippen LogP contribution in [0.25, 0.3) is 0 Å². The van der Waals surface area contributed by atoms with E-state index in [1.54, 1.807) is 13.4 Å². The standard InChI is InChI=1S/C11H19NO3/c1-13-7-2-3-8-14-9-4-5-11-6-10-15-12-11/h6,10H,2-5,7-9H2,1H3. The molecule has 0 atom stereocenters. The number of hydrogen-bond acceptors (Lipinski definition) is 4. The molecule has 15 heavy (non-hydrogen) atoms. The van der Waals surface area contributed by atoms with Crippen LogP contribution in [0.3, 0.4) is 0 Å². The van der Waals surface area contributed by atoms with Crippen LogP contribution in [0, 0.1) is 0 Å². The summed E-state index contributed by atoms with van der Waals surface area (Å²) in [7, 11) is 1.72. The van der Waals surface area contributed by atoms with Gasteiger partial charge >= 0.3 is 0 Å². The molecule has 0 unspecified atom stereocenters. The van der Waals surface area contributed by atoms with Crippen LogP contribution in [-0.4, -0.2) is 32.1 Å². The molecule has 0 fully saturated rings. The third kappa shape index (κ3) is 6.25. The van der Waals surface area contributed by atoms with E-state index in [0.717, 1.165) is 51.2 Å². The number of methoxy groups -OCH3 is 1. The van der Waals surface area contributed by atoms with Gasteiger partial charge in [-0.05, 0) is 25.7 Å². The van der Waals surface area contributed by atoms with Crippen LogP contribution >= 0.6 is 0 Å². The van der Waals surface area contributed by atoms with Crippen molar-refractivity contribution < 1.29 is 14.0 Å². The number of unbranched alkanes of at least 4 members (excludes halogenated alkanes) is 1. The number of rotatable bonds is 9. The predicted octanol–water partition coefficient (Wildman–Crippen LogP) is 2.05. The van der Waals surface area contributed by atoms with Crippen LogP contribution in [0.15, 0.2) is 16.9 Å². The summed E-state index contributed by atoms with van der Waals surface area (Å²) in [5.41, 5.74) is 0.998. The van der Waals surface area contributed by atoms with Crippen molar-refractivity contribution in [3.63, 3.8) is 0 Å². The van der Waals surface area contributed by atoms with E-state index in [2.05, 4.69) is 5.16 Å². The SMILES string of the molecule is COCCCCOCCCc1ccon1. The zero-order chi connectivity index (χ0) is 10.8. The molecule has 0 saturated carbocycles. The number of hydrogen-bond donors (Lipinski definition) is 0. The molecule has 1 heterocycles. The Morgan fingerprint density at radius 1 is 1.20 bits per heavy atom. The quantitative estimate of drug-likeness (QED) is 0.589. The van der Waals surface area contributed by atoms with Gasteiger partial charge in [0.25, 0.3) is 0 Å². The molecule has 0 spiro atoms. The Morgan fingerprint density at radius 2 is 2.00 bits per heavy atom. The van der Waals surface area contributed by atoms with Gasteiger partial charge in [0.05, 0.1) is 5.69 Å². The van der Waals surface area contributed by atoms with Crippen molar-refractivity contribution in [2.45, 2.75) is 25.7 Å². The number of aromatic nitrogens is 1. The number of ether oxygens (including phenoxy) is 2. The maximum Gasteiger partial charge on any atom is 0.124 e. The second-order valence-electron chi connectivity index (χ2n) is 3.41. The molecule has 1 aromatic rings. The third-order valence-electron chi connectivity index (χ3n) is 2.10. The molecule has 1 aromatic heterocycles. The summed E-state index contributed by atoms with van der Waals surface area (Å²) in [6.07, 6.45) is 5.66. The lowest BCUT2D eigenvalue weighted by molar-refractivity contribution is 0.117. The summed E-state index contributed by atoms with van der Waals surface area (Å²) >= 11 is 0. The fourth-order valence-corrected chi connectivity index (χ4v) is 1.27. The maximum atomic E-state index is 5.46. The van der Waals surface area contributed by atoms with Crippen LogP contribution in [0.4, 0.5) is 0 Å². The van der Waals surface area contributed by atoms with Crippen molar-refractivity contribution in [1.29, 1.82) is 0 Å². The van der Waals surface area contributed by atoms with Gasteiger partial charge in [-0.2, -0.15) is 0 Å². The van der Waals surface area contributed by atoms with E-state index < -0.39 is 0 Å². The molecule has 0 radical (unpaired) electrons. The van der Waals surface area contributed by atoms with Crippen LogP contribution in [0.5, 0.6) is 0 Å². The fourth-order valence-electron chi connectivity index (χ4n) is 1.27. The van der Waals surface area contributed by atoms with Crippen molar-refractivity contribution in [2.75, 3.05) is 26.9 Å². The molecule has 0 N–H and O–H groups in total. The summed E-state index contributed by atoms with van der Waals surface area (Å²) < 4.78 is 15.1. The minimum atomic E-state index is 0.792. The van der Waals surface area contributed by atoms with Gasteiger partial charge in [0.15, 0.2) is 0 Å². The summed E-state index contributed by atoms with van der Waals surface area (Å²) in [4.78, 5) is 0. The number of aryl methyl sites for hydroxylation is 1. The fraction of sp³-hybridized carbons (Fsp3) is 0.727. The molecule has 1 rings (SSSR count). The molecule has 0 saturated heterocycles. The van der Waals surface area contributed by atoms with Crippen LogP contribution < -0.4 is 0 Å². The Labute approximate surface area is 90.5 Å². The molecule has 0 aliphatic rings. The molecule has 4 heteroatoms. The Balaban J connectivity index is 1.81. The third-order valence-corrected chi connectivity index (χ3v) is 2.10. The van der Waals surface area contributed by atoms with Gasteiger partial charge in [-0.1, -0.05) is 5.16 Å². The van der Waals surface area contributed by atoms with E-state index in [9.17, 15) is 0 Å². The molecule has 4 nitrogen and oxygen atoms in total. The maximum absolute atomic E-state index is 5.46. The minimum Gasteiger partial charge on any atom is -0.385 e. The van der Waals surface area contributed by atoms with E-state index >= 15 is 0 Å². The van der Waals surface area contributed by atoms with Gasteiger partial charge in [-0.15, -0.1) is 0 Å². The van der Waals surface area contributed by atoms with Crippen molar-refractivity contribution in [2.24, 2.45) is 0 Å². The molecule has 0 amide bonds. The average Bonchev–Trinajstić information content (AvgIpc) is 2.75. The number of nitrogens with zero attached hydrogens (tertiary/aromatic N) is 1. The van der Waals surface area contributed by atoms with Crippen molar-refractivity contribution in [3.8, 4) is 0 Å². The lowest BCUT2D eigenvalue weighted by Crippen LogP contribution is -2.00. The first kappa shape index (κ1) is 12.2. The van der Waals surface area contributed by atoms with E-state index in [4.69, 9.17) is 14.0 Å². The van der Waals surface area contributed by atoms with Crippen LogP contribution in [0.1, 0.15) is 25.0 Å². The lowest BCUT2D eigenvalue weighted by Gasteiger charge is -2.02. The van der Waals surface area contributed by atoms with Crippen molar-refractivity contribution >= 4 is 0 Å². The second kappa shape index (κ2) is 8.44. The smallest absolute Gasteiger partial charge is 0.124 e. The van der Waals surface area contributed by atoms with E-state index in [1.807, 2.05) is 6.07 Å². The molecule has 0 aromatic carbocycles. The van der Waals surface area contributed by atoms with E-state index in [0.29, 0.717) is 0 Å². The van der Waals surface area contributed by atoms with Gasteiger partial charge in [0.2, 0.25) is 0 Å². The van der Waals surface area contributed by atoms with Crippen molar-refractivity contribution in [1.82, 2.24) is 5.16 Å². The summed E-state index contributed by atoms with van der Waals surface area (Å²) in [5, 5.41) is 3.83. The highest BCUT2D eigenvalue weighted by atomic mass is 16.5. The van der Waals surface area contributed by atoms with E-state index in [-0.39, 0.29) is 0 Å². The average molecular weight is 213 g/mol. The topological polar surface area (TPSA) is 44.5 Å². The van der Waals surface area contributed by atoms with Crippen LogP contribution in [-0.2, 0) is 15.9 Å². The lowest BCUT2D eigenvalue weighted by atomic mass is 10.2. The predicted molar refractivity (Wildman–Crippen MR) is 56.8 cm³/mol. The highest BCUT2D eigenvalue weighted by molar-refractivity contribution is 4.94. The normalized spacial score (nSPS) is 10.7. The monoisotopic (exact) mass is 213 g/mol. The van der Waals surface area contributed by atoms with Gasteiger partial charge in [0, 0.05) is 33.0 Å². The molecule has 0 bridgehead atoms. The van der Waals surface area contributed by atoms with Crippen molar-refractivity contribution in [3.05, 3.63) is 18.0 Å². The molecule has 0 aliphatic carbocycles. The molecule has 0 aliphatic heterocycles. The first-order chi connectivity index (χ1) is 7.43. The zero-order valence-corrected chi connectivity index (χ0v) is 9.28. The first-order valence-corrected chi connectivity index (χ1v) is 5.39. The van der Waals surface area contributed by atoms with Gasteiger partial charge in [0.1, 0.15) is 6.26 Å². The Morgan fingerprint density at radius 3 is 2.73 bits per heavy atom. The summed E-state index contributed by atoms with van der Waals surface area (Å²) in [6.45, 7) is 2.43. The van der Waals surface area contributed by atoms with Gasteiger partial charge in [-0.25, -0.2) is 0 Å². The Hall–Kier alpha value is -0.870. The van der Waals surface area contributed by atoms with Crippen LogP contribution in [0.2, 0.25) is 0 Å². The van der Waals surface area contributed by atoms with Gasteiger partial charge < -0.3 is 14.0 Å². The van der Waals surface area contributed by atoms with E-state index in [1.165, 1.54) is 0 Å². The first-order valence-electron chi connectivity index (χ1n) is 5.39. The largest absolute Gasteiger partial charge is 0.385 e.